The average Bonchev–Trinajstić information content (AvgIpc) is 2.20. The van der Waals surface area contributed by atoms with Crippen LogP contribution in [0.15, 0.2) is 0 Å². The molecular weight excluding hydrogens is 182 g/mol. The Labute approximate surface area is 82.9 Å². The first-order valence-electron chi connectivity index (χ1n) is 5.13. The SMILES string of the molecule is CCN1CCCCC1[SiH](OC)OC. The highest BCUT2D eigenvalue weighted by molar-refractivity contribution is 6.46. The molecule has 0 saturated carbocycles. The Hall–Kier alpha value is 0.0969. The molecule has 13 heavy (non-hydrogen) atoms. The fraction of sp³-hybridized carbons (Fsp3) is 1.00. The summed E-state index contributed by atoms with van der Waals surface area (Å²) in [6.45, 7) is 4.56. The van der Waals surface area contributed by atoms with Crippen molar-refractivity contribution in [3.8, 4) is 0 Å². The summed E-state index contributed by atoms with van der Waals surface area (Å²) >= 11 is 0. The van der Waals surface area contributed by atoms with Gasteiger partial charge in [-0.1, -0.05) is 13.3 Å². The van der Waals surface area contributed by atoms with Gasteiger partial charge in [-0.25, -0.2) is 0 Å². The van der Waals surface area contributed by atoms with Crippen molar-refractivity contribution in [2.45, 2.75) is 31.9 Å². The third-order valence-electron chi connectivity index (χ3n) is 2.85. The number of hydrogen-bond acceptors (Lipinski definition) is 3. The molecule has 0 N–H and O–H groups in total. The van der Waals surface area contributed by atoms with Gasteiger partial charge in [0.05, 0.1) is 5.67 Å². The van der Waals surface area contributed by atoms with E-state index in [4.69, 9.17) is 8.85 Å². The van der Waals surface area contributed by atoms with Gasteiger partial charge >= 0.3 is 9.28 Å². The predicted octanol–water partition coefficient (Wildman–Crippen LogP) is 0.913. The smallest absolute Gasteiger partial charge is 0.338 e. The molecule has 1 heterocycles. The maximum absolute atomic E-state index is 5.45. The van der Waals surface area contributed by atoms with Crippen molar-refractivity contribution in [3.05, 3.63) is 0 Å². The predicted molar refractivity (Wildman–Crippen MR) is 56.1 cm³/mol. The van der Waals surface area contributed by atoms with Crippen molar-refractivity contribution in [2.75, 3.05) is 27.3 Å². The van der Waals surface area contributed by atoms with Gasteiger partial charge < -0.3 is 8.85 Å². The first-order valence-corrected chi connectivity index (χ1v) is 6.74. The minimum Gasteiger partial charge on any atom is -0.399 e. The molecule has 0 aromatic rings. The lowest BCUT2D eigenvalue weighted by Gasteiger charge is -2.37. The van der Waals surface area contributed by atoms with Gasteiger partial charge in [0.25, 0.3) is 0 Å². The standard InChI is InChI=1S/C9H21NO2Si/c1-4-10-8-6-5-7-9(10)13(11-2)12-3/h9,13H,4-8H2,1-3H3. The van der Waals surface area contributed by atoms with Crippen molar-refractivity contribution in [2.24, 2.45) is 0 Å². The Morgan fingerprint density at radius 1 is 1.31 bits per heavy atom. The van der Waals surface area contributed by atoms with Crippen LogP contribution in [-0.2, 0) is 8.85 Å². The quantitative estimate of drug-likeness (QED) is 0.634. The summed E-state index contributed by atoms with van der Waals surface area (Å²) in [4.78, 5) is 2.51. The highest BCUT2D eigenvalue weighted by atomic mass is 28.3. The Balaban J connectivity index is 2.51. The molecule has 78 valence electrons. The second kappa shape index (κ2) is 5.75. The van der Waals surface area contributed by atoms with Crippen molar-refractivity contribution in [3.63, 3.8) is 0 Å². The van der Waals surface area contributed by atoms with E-state index < -0.39 is 9.28 Å². The lowest BCUT2D eigenvalue weighted by Crippen LogP contribution is -2.51. The zero-order valence-electron chi connectivity index (χ0n) is 8.95. The van der Waals surface area contributed by atoms with Crippen LogP contribution in [0.2, 0.25) is 0 Å². The van der Waals surface area contributed by atoms with Gasteiger partial charge in [-0.05, 0) is 25.9 Å². The van der Waals surface area contributed by atoms with Gasteiger partial charge in [0.2, 0.25) is 0 Å². The molecule has 3 nitrogen and oxygen atoms in total. The third-order valence-corrected chi connectivity index (χ3v) is 5.16. The fourth-order valence-electron chi connectivity index (χ4n) is 2.13. The van der Waals surface area contributed by atoms with E-state index in [1.807, 2.05) is 0 Å². The maximum atomic E-state index is 5.45. The summed E-state index contributed by atoms with van der Waals surface area (Å²) in [5.74, 6) is 0. The summed E-state index contributed by atoms with van der Waals surface area (Å²) in [7, 11) is 2.14. The van der Waals surface area contributed by atoms with Crippen LogP contribution in [0.4, 0.5) is 0 Å². The molecule has 0 amide bonds. The number of piperidine rings is 1. The molecule has 0 bridgehead atoms. The number of rotatable bonds is 4. The van der Waals surface area contributed by atoms with Crippen LogP contribution >= 0.6 is 0 Å². The molecule has 0 spiro atoms. The molecule has 1 fully saturated rings. The van der Waals surface area contributed by atoms with Gasteiger partial charge in [-0.3, -0.25) is 4.90 Å². The maximum Gasteiger partial charge on any atom is 0.338 e. The summed E-state index contributed by atoms with van der Waals surface area (Å²) in [5, 5.41) is 0. The molecule has 0 aliphatic carbocycles. The summed E-state index contributed by atoms with van der Waals surface area (Å²) in [6, 6.07) is 0. The van der Waals surface area contributed by atoms with Crippen LogP contribution in [0.5, 0.6) is 0 Å². The molecule has 1 aliphatic rings. The molecule has 1 atom stereocenters. The van der Waals surface area contributed by atoms with Crippen LogP contribution in [0.3, 0.4) is 0 Å². The van der Waals surface area contributed by atoms with Gasteiger partial charge in [0, 0.05) is 14.2 Å². The number of hydrogen-bond donors (Lipinski definition) is 0. The van der Waals surface area contributed by atoms with Gasteiger partial charge in [-0.2, -0.15) is 0 Å². The lowest BCUT2D eigenvalue weighted by molar-refractivity contribution is 0.153. The van der Waals surface area contributed by atoms with Crippen LogP contribution in [0.25, 0.3) is 0 Å². The lowest BCUT2D eigenvalue weighted by atomic mass is 10.1. The Kier molecular flexibility index (Phi) is 4.94. The van der Waals surface area contributed by atoms with Crippen molar-refractivity contribution in [1.29, 1.82) is 0 Å². The fourth-order valence-corrected chi connectivity index (χ4v) is 4.16. The topological polar surface area (TPSA) is 21.7 Å². The third kappa shape index (κ3) is 2.77. The van der Waals surface area contributed by atoms with E-state index in [-0.39, 0.29) is 0 Å². The molecule has 1 unspecified atom stereocenters. The minimum atomic E-state index is -1.42. The Morgan fingerprint density at radius 3 is 2.54 bits per heavy atom. The van der Waals surface area contributed by atoms with E-state index in [2.05, 4.69) is 11.8 Å². The van der Waals surface area contributed by atoms with Crippen molar-refractivity contribution in [1.82, 2.24) is 4.90 Å². The minimum absolute atomic E-state index is 0.591. The second-order valence-electron chi connectivity index (χ2n) is 3.53. The van der Waals surface area contributed by atoms with Crippen LogP contribution in [-0.4, -0.2) is 47.2 Å². The van der Waals surface area contributed by atoms with Gasteiger partial charge in [-0.15, -0.1) is 0 Å². The molecule has 0 aromatic carbocycles. The average molecular weight is 203 g/mol. The highest BCUT2D eigenvalue weighted by Gasteiger charge is 2.31. The van der Waals surface area contributed by atoms with Crippen molar-refractivity contribution >= 4 is 9.28 Å². The van der Waals surface area contributed by atoms with Gasteiger partial charge in [0.1, 0.15) is 0 Å². The molecule has 1 rings (SSSR count). The van der Waals surface area contributed by atoms with E-state index >= 15 is 0 Å². The van der Waals surface area contributed by atoms with Crippen LogP contribution in [0, 0.1) is 0 Å². The van der Waals surface area contributed by atoms with Crippen molar-refractivity contribution < 1.29 is 8.85 Å². The largest absolute Gasteiger partial charge is 0.399 e. The zero-order chi connectivity index (χ0) is 9.68. The van der Waals surface area contributed by atoms with Gasteiger partial charge in [0.15, 0.2) is 0 Å². The number of nitrogens with zero attached hydrogens (tertiary/aromatic N) is 1. The first kappa shape index (κ1) is 11.2. The molecule has 4 heteroatoms. The molecular formula is C9H21NO2Si. The summed E-state index contributed by atoms with van der Waals surface area (Å²) in [5.41, 5.74) is 0.591. The van der Waals surface area contributed by atoms with E-state index in [1.165, 1.54) is 25.8 Å². The molecule has 0 radical (unpaired) electrons. The van der Waals surface area contributed by atoms with Crippen LogP contribution < -0.4 is 0 Å². The van der Waals surface area contributed by atoms with E-state index in [1.54, 1.807) is 14.2 Å². The van der Waals surface area contributed by atoms with E-state index in [0.717, 1.165) is 6.54 Å². The monoisotopic (exact) mass is 203 g/mol. The second-order valence-corrected chi connectivity index (χ2v) is 5.98. The molecule has 1 saturated heterocycles. The normalized spacial score (nSPS) is 25.4. The summed E-state index contributed by atoms with van der Waals surface area (Å²) in [6.07, 6.45) is 3.92. The Morgan fingerprint density at radius 2 is 2.00 bits per heavy atom. The number of likely N-dealkylation sites (tertiary alicyclic amines) is 1. The summed E-state index contributed by atoms with van der Waals surface area (Å²) < 4.78 is 10.9. The van der Waals surface area contributed by atoms with E-state index in [9.17, 15) is 0 Å². The van der Waals surface area contributed by atoms with Crippen LogP contribution in [0.1, 0.15) is 26.2 Å². The Bertz CT molecular complexity index is 134. The van der Waals surface area contributed by atoms with E-state index in [0.29, 0.717) is 5.67 Å². The molecule has 1 aliphatic heterocycles. The highest BCUT2D eigenvalue weighted by Crippen LogP contribution is 2.19. The first-order chi connectivity index (χ1) is 6.33. The molecule has 0 aromatic heterocycles. The zero-order valence-corrected chi connectivity index (χ0v) is 10.1.